The molecule has 0 atom stereocenters. The summed E-state index contributed by atoms with van der Waals surface area (Å²) in [5.74, 6) is 0. The Morgan fingerprint density at radius 1 is 1.00 bits per heavy atom. The Labute approximate surface area is 43.3 Å². The molecule has 0 unspecified atom stereocenters. The first-order valence-corrected chi connectivity index (χ1v) is 2.74. The molecule has 0 aromatic carbocycles. The van der Waals surface area contributed by atoms with Gasteiger partial charge in [-0.1, -0.05) is 0 Å². The van der Waals surface area contributed by atoms with Gasteiger partial charge in [-0.25, -0.2) is 0 Å². The molecule has 1 aliphatic rings. The van der Waals surface area contributed by atoms with Crippen LogP contribution in [0.3, 0.4) is 0 Å². The van der Waals surface area contributed by atoms with E-state index in [9.17, 15) is 5.26 Å². The first-order valence-electron chi connectivity index (χ1n) is 2.74. The SMILES string of the molecule is [O-][O+]1CCCCC1. The molecular formula is C5H10O2. The maximum atomic E-state index is 10.3. The maximum Gasteiger partial charge on any atom is 0.151 e. The van der Waals surface area contributed by atoms with Crippen LogP contribution in [0, 0.1) is 0 Å². The maximum absolute atomic E-state index is 10.3. The summed E-state index contributed by atoms with van der Waals surface area (Å²) < 4.78 is 1.82. The van der Waals surface area contributed by atoms with Gasteiger partial charge in [-0.15, -0.1) is 0 Å². The molecule has 0 bridgehead atoms. The van der Waals surface area contributed by atoms with Crippen molar-refractivity contribution in [3.63, 3.8) is 0 Å². The Morgan fingerprint density at radius 3 is 1.86 bits per heavy atom. The van der Waals surface area contributed by atoms with Gasteiger partial charge in [0.15, 0.2) is 13.2 Å². The summed E-state index contributed by atoms with van der Waals surface area (Å²) in [5.41, 5.74) is 0. The molecule has 0 amide bonds. The van der Waals surface area contributed by atoms with Gasteiger partial charge in [0.05, 0.1) is 0 Å². The smallest absolute Gasteiger partial charge is 0.151 e. The zero-order chi connectivity index (χ0) is 5.11. The minimum absolute atomic E-state index is 0.681. The number of rotatable bonds is 0. The summed E-state index contributed by atoms with van der Waals surface area (Å²) in [7, 11) is 0. The Bertz CT molecular complexity index is 48.0. The van der Waals surface area contributed by atoms with E-state index < -0.39 is 0 Å². The fourth-order valence-corrected chi connectivity index (χ4v) is 0.805. The van der Waals surface area contributed by atoms with Crippen molar-refractivity contribution >= 4 is 0 Å². The van der Waals surface area contributed by atoms with E-state index in [1.807, 2.05) is 4.52 Å². The summed E-state index contributed by atoms with van der Waals surface area (Å²) in [6.45, 7) is 1.36. The lowest BCUT2D eigenvalue weighted by Gasteiger charge is -2.23. The molecule has 1 heterocycles. The van der Waals surface area contributed by atoms with Crippen molar-refractivity contribution in [1.29, 1.82) is 0 Å². The van der Waals surface area contributed by atoms with Crippen molar-refractivity contribution in [3.05, 3.63) is 0 Å². The summed E-state index contributed by atoms with van der Waals surface area (Å²) in [5, 5.41) is 10.3. The zero-order valence-electron chi connectivity index (χ0n) is 4.35. The first kappa shape index (κ1) is 5.06. The van der Waals surface area contributed by atoms with Gasteiger partial charge in [-0.05, 0) is 6.42 Å². The molecule has 0 N–H and O–H groups in total. The molecule has 1 aliphatic heterocycles. The Kier molecular flexibility index (Phi) is 1.65. The molecule has 1 fully saturated rings. The second-order valence-electron chi connectivity index (χ2n) is 1.91. The molecule has 2 nitrogen and oxygen atoms in total. The lowest BCUT2D eigenvalue weighted by molar-refractivity contribution is -0.797. The van der Waals surface area contributed by atoms with Crippen molar-refractivity contribution < 1.29 is 9.78 Å². The van der Waals surface area contributed by atoms with Gasteiger partial charge >= 0.3 is 0 Å². The largest absolute Gasteiger partial charge is 0.534 e. The lowest BCUT2D eigenvalue weighted by atomic mass is 10.2. The summed E-state index contributed by atoms with van der Waals surface area (Å²) >= 11 is 0. The molecule has 1 saturated heterocycles. The third kappa shape index (κ3) is 1.45. The fraction of sp³-hybridized carbons (Fsp3) is 1.00. The molecule has 0 radical (unpaired) electrons. The van der Waals surface area contributed by atoms with E-state index in [0.717, 1.165) is 12.8 Å². The van der Waals surface area contributed by atoms with E-state index in [4.69, 9.17) is 0 Å². The quantitative estimate of drug-likeness (QED) is 0.312. The van der Waals surface area contributed by atoms with Gasteiger partial charge in [-0.3, -0.25) is 0 Å². The van der Waals surface area contributed by atoms with Crippen LogP contribution in [0.5, 0.6) is 0 Å². The van der Waals surface area contributed by atoms with Crippen LogP contribution in [0.25, 0.3) is 0 Å². The van der Waals surface area contributed by atoms with Crippen LogP contribution in [0.1, 0.15) is 19.3 Å². The average molecular weight is 102 g/mol. The van der Waals surface area contributed by atoms with Gasteiger partial charge in [0.25, 0.3) is 0 Å². The van der Waals surface area contributed by atoms with Crippen molar-refractivity contribution in [2.45, 2.75) is 19.3 Å². The van der Waals surface area contributed by atoms with E-state index in [1.165, 1.54) is 6.42 Å². The van der Waals surface area contributed by atoms with Crippen LogP contribution in [0.4, 0.5) is 0 Å². The van der Waals surface area contributed by atoms with E-state index in [0.29, 0.717) is 13.2 Å². The number of hydrogen-bond acceptors (Lipinski definition) is 1. The Morgan fingerprint density at radius 2 is 1.57 bits per heavy atom. The third-order valence-corrected chi connectivity index (χ3v) is 1.24. The summed E-state index contributed by atoms with van der Waals surface area (Å²) in [6, 6.07) is 0. The van der Waals surface area contributed by atoms with E-state index >= 15 is 0 Å². The van der Waals surface area contributed by atoms with E-state index in [-0.39, 0.29) is 0 Å². The molecule has 0 aliphatic carbocycles. The lowest BCUT2D eigenvalue weighted by Crippen LogP contribution is -2.30. The fourth-order valence-electron chi connectivity index (χ4n) is 0.805. The van der Waals surface area contributed by atoms with E-state index in [2.05, 4.69) is 0 Å². The zero-order valence-corrected chi connectivity index (χ0v) is 4.35. The molecule has 2 heteroatoms. The molecular weight excluding hydrogens is 92.1 g/mol. The second-order valence-corrected chi connectivity index (χ2v) is 1.91. The monoisotopic (exact) mass is 102 g/mol. The van der Waals surface area contributed by atoms with Crippen molar-refractivity contribution in [3.8, 4) is 0 Å². The van der Waals surface area contributed by atoms with E-state index in [1.54, 1.807) is 0 Å². The highest BCUT2D eigenvalue weighted by atomic mass is 17.2. The predicted molar refractivity (Wildman–Crippen MR) is 24.7 cm³/mol. The van der Waals surface area contributed by atoms with Crippen LogP contribution in [-0.2, 0) is 4.52 Å². The molecule has 0 aromatic heterocycles. The minimum atomic E-state index is 0.681. The first-order chi connectivity index (χ1) is 3.39. The highest BCUT2D eigenvalue weighted by Crippen LogP contribution is 2.06. The van der Waals surface area contributed by atoms with Crippen LogP contribution in [0.15, 0.2) is 0 Å². The standard InChI is InChI=1S/C5H10O2/c6-7-4-2-1-3-5-7/h1-5H2. The third-order valence-electron chi connectivity index (χ3n) is 1.24. The van der Waals surface area contributed by atoms with Gasteiger partial charge in [-0.2, -0.15) is 0 Å². The average Bonchev–Trinajstić information content (AvgIpc) is 1.69. The predicted octanol–water partition coefficient (Wildman–Crippen LogP) is -0.00210. The van der Waals surface area contributed by atoms with Gasteiger partial charge in [0, 0.05) is 12.8 Å². The van der Waals surface area contributed by atoms with Gasteiger partial charge < -0.3 is 9.78 Å². The Balaban J connectivity index is 2.12. The molecule has 7 heavy (non-hydrogen) atoms. The van der Waals surface area contributed by atoms with Crippen LogP contribution < -0.4 is 5.26 Å². The van der Waals surface area contributed by atoms with Crippen LogP contribution >= 0.6 is 0 Å². The molecule has 1 rings (SSSR count). The highest BCUT2D eigenvalue weighted by molar-refractivity contribution is 4.46. The van der Waals surface area contributed by atoms with Gasteiger partial charge in [0.1, 0.15) is 0 Å². The highest BCUT2D eigenvalue weighted by Gasteiger charge is 2.05. The normalized spacial score (nSPS) is 25.3. The van der Waals surface area contributed by atoms with Crippen molar-refractivity contribution in [2.24, 2.45) is 0 Å². The van der Waals surface area contributed by atoms with Gasteiger partial charge in [0.2, 0.25) is 0 Å². The number of hydrogen-bond donors (Lipinski definition) is 0. The molecule has 42 valence electrons. The molecule has 0 spiro atoms. The van der Waals surface area contributed by atoms with Crippen molar-refractivity contribution in [2.75, 3.05) is 13.2 Å². The molecule has 0 aromatic rings. The second kappa shape index (κ2) is 2.28. The van der Waals surface area contributed by atoms with Crippen LogP contribution in [0.2, 0.25) is 0 Å². The summed E-state index contributed by atoms with van der Waals surface area (Å²) in [6.07, 6.45) is 3.36. The Hall–Kier alpha value is -0.0800. The van der Waals surface area contributed by atoms with Crippen LogP contribution in [-0.4, -0.2) is 13.2 Å². The van der Waals surface area contributed by atoms with Crippen molar-refractivity contribution in [1.82, 2.24) is 0 Å². The molecule has 0 saturated carbocycles. The minimum Gasteiger partial charge on any atom is -0.534 e. The summed E-state index contributed by atoms with van der Waals surface area (Å²) in [4.78, 5) is 0. The topological polar surface area (TPSA) is 25.8 Å².